The van der Waals surface area contributed by atoms with Gasteiger partial charge in [0.05, 0.1) is 6.61 Å². The summed E-state index contributed by atoms with van der Waals surface area (Å²) in [7, 11) is 0. The summed E-state index contributed by atoms with van der Waals surface area (Å²) in [5.41, 5.74) is 3.76. The highest BCUT2D eigenvalue weighted by atomic mass is 35.5. The van der Waals surface area contributed by atoms with Crippen molar-refractivity contribution in [3.8, 4) is 22.8 Å². The average molecular weight is 369 g/mol. The van der Waals surface area contributed by atoms with E-state index in [2.05, 4.69) is 16.2 Å². The van der Waals surface area contributed by atoms with Crippen LogP contribution >= 0.6 is 11.6 Å². The number of aromatic nitrogens is 2. The molecule has 0 amide bonds. The summed E-state index contributed by atoms with van der Waals surface area (Å²) < 4.78 is 5.43. The molecule has 0 saturated heterocycles. The van der Waals surface area contributed by atoms with E-state index in [-0.39, 0.29) is 6.61 Å². The Balaban J connectivity index is 1.57. The van der Waals surface area contributed by atoms with Gasteiger partial charge in [0.2, 0.25) is 5.82 Å². The van der Waals surface area contributed by atoms with Gasteiger partial charge in [0, 0.05) is 16.1 Å². The molecule has 3 aromatic rings. The average Bonchev–Trinajstić information content (AvgIpc) is 3.19. The zero-order valence-corrected chi connectivity index (χ0v) is 15.2. The molecule has 4 rings (SSSR count). The van der Waals surface area contributed by atoms with Gasteiger partial charge < -0.3 is 9.63 Å². The Morgan fingerprint density at radius 3 is 2.42 bits per heavy atom. The summed E-state index contributed by atoms with van der Waals surface area (Å²) >= 11 is 6.56. The van der Waals surface area contributed by atoms with Gasteiger partial charge in [-0.05, 0) is 42.0 Å². The second-order valence-electron chi connectivity index (χ2n) is 6.85. The molecule has 4 nitrogen and oxygen atoms in total. The predicted octanol–water partition coefficient (Wildman–Crippen LogP) is 5.60. The summed E-state index contributed by atoms with van der Waals surface area (Å²) in [4.78, 5) is 4.49. The van der Waals surface area contributed by atoms with Gasteiger partial charge in [-0.2, -0.15) is 4.98 Å². The van der Waals surface area contributed by atoms with Gasteiger partial charge >= 0.3 is 0 Å². The maximum absolute atomic E-state index is 9.13. The first-order valence-corrected chi connectivity index (χ1v) is 9.46. The zero-order chi connectivity index (χ0) is 17.9. The van der Waals surface area contributed by atoms with E-state index in [1.165, 1.54) is 37.7 Å². The number of nitrogens with zero attached hydrogens (tertiary/aromatic N) is 2. The molecule has 1 aromatic heterocycles. The third kappa shape index (κ3) is 3.53. The molecule has 0 radical (unpaired) electrons. The minimum absolute atomic E-state index is 0.0175. The number of aliphatic hydroxyl groups is 1. The summed E-state index contributed by atoms with van der Waals surface area (Å²) in [6, 6.07) is 13.5. The molecule has 1 aliphatic rings. The largest absolute Gasteiger partial charge is 0.392 e. The van der Waals surface area contributed by atoms with Gasteiger partial charge in [-0.3, -0.25) is 0 Å². The van der Waals surface area contributed by atoms with Crippen LogP contribution in [0.15, 0.2) is 47.0 Å². The van der Waals surface area contributed by atoms with E-state index in [0.29, 0.717) is 17.6 Å². The molecule has 0 spiro atoms. The van der Waals surface area contributed by atoms with Crippen LogP contribution in [0.5, 0.6) is 0 Å². The van der Waals surface area contributed by atoms with Crippen LogP contribution in [-0.4, -0.2) is 15.2 Å². The van der Waals surface area contributed by atoms with E-state index >= 15 is 0 Å². The van der Waals surface area contributed by atoms with Gasteiger partial charge in [0.1, 0.15) is 0 Å². The van der Waals surface area contributed by atoms with Crippen LogP contribution in [0.3, 0.4) is 0 Å². The molecule has 0 unspecified atom stereocenters. The molecule has 1 heterocycles. The van der Waals surface area contributed by atoms with Crippen molar-refractivity contribution in [2.75, 3.05) is 0 Å². The Labute approximate surface area is 157 Å². The molecule has 2 aromatic carbocycles. The van der Waals surface area contributed by atoms with Crippen molar-refractivity contribution < 1.29 is 9.63 Å². The van der Waals surface area contributed by atoms with E-state index in [1.54, 1.807) is 0 Å². The van der Waals surface area contributed by atoms with Crippen molar-refractivity contribution in [3.63, 3.8) is 0 Å². The molecule has 1 saturated carbocycles. The molecule has 5 heteroatoms. The number of benzene rings is 2. The first-order valence-electron chi connectivity index (χ1n) is 9.08. The van der Waals surface area contributed by atoms with Crippen LogP contribution in [0.2, 0.25) is 5.02 Å². The molecular weight excluding hydrogens is 348 g/mol. The van der Waals surface area contributed by atoms with Crippen LogP contribution in [0.4, 0.5) is 0 Å². The molecule has 134 valence electrons. The van der Waals surface area contributed by atoms with Gasteiger partial charge in [0.15, 0.2) is 0 Å². The fourth-order valence-corrected chi connectivity index (χ4v) is 3.96. The summed E-state index contributed by atoms with van der Waals surface area (Å²) in [5, 5.41) is 14.0. The topological polar surface area (TPSA) is 59.2 Å². The van der Waals surface area contributed by atoms with Gasteiger partial charge in [-0.15, -0.1) is 0 Å². The van der Waals surface area contributed by atoms with Crippen molar-refractivity contribution in [3.05, 3.63) is 58.6 Å². The summed E-state index contributed by atoms with van der Waals surface area (Å²) in [6.45, 7) is 0.0175. The van der Waals surface area contributed by atoms with Crippen LogP contribution in [0.1, 0.15) is 49.1 Å². The second kappa shape index (κ2) is 7.60. The Hall–Kier alpha value is -2.17. The number of aliphatic hydroxyl groups excluding tert-OH is 1. The van der Waals surface area contributed by atoms with E-state index in [9.17, 15) is 0 Å². The molecule has 1 N–H and O–H groups in total. The lowest BCUT2D eigenvalue weighted by Crippen LogP contribution is -2.05. The highest BCUT2D eigenvalue weighted by Gasteiger charge is 2.19. The smallest absolute Gasteiger partial charge is 0.258 e. The molecule has 26 heavy (non-hydrogen) atoms. The third-order valence-corrected chi connectivity index (χ3v) is 5.44. The first kappa shape index (κ1) is 17.3. The van der Waals surface area contributed by atoms with Crippen molar-refractivity contribution in [1.29, 1.82) is 0 Å². The standard InChI is InChI=1S/C21H21ClN2O2/c22-19-12-17(10-11-18(19)15-4-2-1-3-5-15)21-23-20(24-26-21)16-8-6-14(13-25)7-9-16/h6-12,15,25H,1-5,13H2. The van der Waals surface area contributed by atoms with Crippen molar-refractivity contribution in [2.45, 2.75) is 44.6 Å². The number of hydrogen-bond donors (Lipinski definition) is 1. The molecule has 1 aliphatic carbocycles. The fraction of sp³-hybridized carbons (Fsp3) is 0.333. The lowest BCUT2D eigenvalue weighted by Gasteiger charge is -2.23. The van der Waals surface area contributed by atoms with Crippen LogP contribution < -0.4 is 0 Å². The van der Waals surface area contributed by atoms with E-state index in [0.717, 1.165) is 21.7 Å². The maximum Gasteiger partial charge on any atom is 0.258 e. The minimum atomic E-state index is 0.0175. The van der Waals surface area contributed by atoms with Crippen LogP contribution in [0, 0.1) is 0 Å². The normalized spacial score (nSPS) is 15.3. The monoisotopic (exact) mass is 368 g/mol. The third-order valence-electron chi connectivity index (χ3n) is 5.11. The Morgan fingerprint density at radius 2 is 1.73 bits per heavy atom. The Bertz CT molecular complexity index is 883. The molecule has 1 fully saturated rings. The predicted molar refractivity (Wildman–Crippen MR) is 102 cm³/mol. The van der Waals surface area contributed by atoms with Crippen LogP contribution in [-0.2, 0) is 6.61 Å². The van der Waals surface area contributed by atoms with E-state index in [1.807, 2.05) is 36.4 Å². The Morgan fingerprint density at radius 1 is 1.00 bits per heavy atom. The molecule has 0 bridgehead atoms. The fourth-order valence-electron chi connectivity index (χ4n) is 3.62. The SMILES string of the molecule is OCc1ccc(-c2noc(-c3ccc(C4CCCCC4)c(Cl)c3)n2)cc1. The van der Waals surface area contributed by atoms with Crippen LogP contribution in [0.25, 0.3) is 22.8 Å². The molecular formula is C21H21ClN2O2. The molecule has 0 atom stereocenters. The summed E-state index contributed by atoms with van der Waals surface area (Å²) in [5.74, 6) is 1.55. The number of rotatable bonds is 4. The lowest BCUT2D eigenvalue weighted by molar-refractivity contribution is 0.282. The maximum atomic E-state index is 9.13. The highest BCUT2D eigenvalue weighted by Crippen LogP contribution is 2.37. The zero-order valence-electron chi connectivity index (χ0n) is 14.5. The van der Waals surface area contributed by atoms with E-state index < -0.39 is 0 Å². The number of halogens is 1. The van der Waals surface area contributed by atoms with Crippen molar-refractivity contribution in [1.82, 2.24) is 10.1 Å². The highest BCUT2D eigenvalue weighted by molar-refractivity contribution is 6.31. The van der Waals surface area contributed by atoms with Gasteiger partial charge in [0.25, 0.3) is 5.89 Å². The van der Waals surface area contributed by atoms with E-state index in [4.69, 9.17) is 21.2 Å². The van der Waals surface area contributed by atoms with Gasteiger partial charge in [-0.25, -0.2) is 0 Å². The quantitative estimate of drug-likeness (QED) is 0.651. The minimum Gasteiger partial charge on any atom is -0.392 e. The first-order chi connectivity index (χ1) is 12.7. The summed E-state index contributed by atoms with van der Waals surface area (Å²) in [6.07, 6.45) is 6.33. The lowest BCUT2D eigenvalue weighted by atomic mass is 9.84. The number of hydrogen-bond acceptors (Lipinski definition) is 4. The van der Waals surface area contributed by atoms with Crippen molar-refractivity contribution >= 4 is 11.6 Å². The molecule has 0 aliphatic heterocycles. The van der Waals surface area contributed by atoms with Crippen molar-refractivity contribution in [2.24, 2.45) is 0 Å². The second-order valence-corrected chi connectivity index (χ2v) is 7.26. The Kier molecular flexibility index (Phi) is 5.05. The van der Waals surface area contributed by atoms with Gasteiger partial charge in [-0.1, -0.05) is 66.4 Å².